The lowest BCUT2D eigenvalue weighted by molar-refractivity contribution is 0.110. The van der Waals surface area contributed by atoms with Crippen LogP contribution in [0.5, 0.6) is 17.2 Å². The van der Waals surface area contributed by atoms with Gasteiger partial charge in [0.1, 0.15) is 23.9 Å². The summed E-state index contributed by atoms with van der Waals surface area (Å²) < 4.78 is 22.7. The predicted molar refractivity (Wildman–Crippen MR) is 135 cm³/mol. The molecule has 0 amide bonds. The summed E-state index contributed by atoms with van der Waals surface area (Å²) in [5.41, 5.74) is 0. The smallest absolute Gasteiger partial charge is 0.166 e. The molecule has 0 aliphatic carbocycles. The highest BCUT2D eigenvalue weighted by molar-refractivity contribution is 7.97. The molecule has 0 radical (unpaired) electrons. The van der Waals surface area contributed by atoms with E-state index in [-0.39, 0.29) is 10.9 Å². The largest absolute Gasteiger partial charge is 0.494 e. The fourth-order valence-corrected chi connectivity index (χ4v) is 5.27. The van der Waals surface area contributed by atoms with Crippen LogP contribution in [0.4, 0.5) is 0 Å². The van der Waals surface area contributed by atoms with Gasteiger partial charge in [0.25, 0.3) is 0 Å². The van der Waals surface area contributed by atoms with E-state index >= 15 is 0 Å². The Morgan fingerprint density at radius 2 is 0.848 bits per heavy atom. The third-order valence-electron chi connectivity index (χ3n) is 4.82. The molecular formula is C28H35O4S+. The third kappa shape index (κ3) is 7.72. The molecule has 3 aromatic rings. The highest BCUT2D eigenvalue weighted by Gasteiger charge is 2.29. The summed E-state index contributed by atoms with van der Waals surface area (Å²) in [6, 6.07) is 25.3. The molecule has 0 fully saturated rings. The molecule has 176 valence electrons. The maximum atomic E-state index is 5.81. The van der Waals surface area contributed by atoms with Gasteiger partial charge in [-0.25, -0.2) is 0 Å². The van der Waals surface area contributed by atoms with Crippen molar-refractivity contribution in [2.75, 3.05) is 33.0 Å². The van der Waals surface area contributed by atoms with E-state index in [4.69, 9.17) is 18.9 Å². The average Bonchev–Trinajstić information content (AvgIpc) is 2.86. The van der Waals surface area contributed by atoms with Crippen LogP contribution in [0.25, 0.3) is 0 Å². The van der Waals surface area contributed by atoms with Gasteiger partial charge in [-0.05, 0) is 92.6 Å². The monoisotopic (exact) mass is 467 g/mol. The van der Waals surface area contributed by atoms with Crippen molar-refractivity contribution in [3.8, 4) is 17.2 Å². The summed E-state index contributed by atoms with van der Waals surface area (Å²) in [6.45, 7) is 9.53. The first-order valence-corrected chi connectivity index (χ1v) is 13.0. The molecule has 0 atom stereocenters. The molecule has 0 bridgehead atoms. The van der Waals surface area contributed by atoms with Crippen LogP contribution in [0.1, 0.15) is 33.6 Å². The quantitative estimate of drug-likeness (QED) is 0.194. The molecule has 0 spiro atoms. The first-order valence-electron chi connectivity index (χ1n) is 11.8. The van der Waals surface area contributed by atoms with Crippen LogP contribution in [-0.4, -0.2) is 33.0 Å². The van der Waals surface area contributed by atoms with E-state index in [2.05, 4.69) is 74.5 Å². The highest BCUT2D eigenvalue weighted by atomic mass is 32.2. The van der Waals surface area contributed by atoms with Crippen LogP contribution in [0, 0.1) is 0 Å². The second kappa shape index (κ2) is 13.8. The maximum absolute atomic E-state index is 5.81. The van der Waals surface area contributed by atoms with Crippen molar-refractivity contribution in [3.63, 3.8) is 0 Å². The lowest BCUT2D eigenvalue weighted by Gasteiger charge is -2.11. The highest BCUT2D eigenvalue weighted by Crippen LogP contribution is 2.34. The molecule has 5 heteroatoms. The van der Waals surface area contributed by atoms with Crippen molar-refractivity contribution in [1.29, 1.82) is 0 Å². The first kappa shape index (κ1) is 25.0. The molecular weight excluding hydrogens is 432 g/mol. The van der Waals surface area contributed by atoms with E-state index < -0.39 is 0 Å². The Labute approximate surface area is 201 Å². The van der Waals surface area contributed by atoms with Crippen molar-refractivity contribution < 1.29 is 18.9 Å². The average molecular weight is 468 g/mol. The van der Waals surface area contributed by atoms with Gasteiger partial charge in [0.15, 0.2) is 14.7 Å². The number of ether oxygens (including phenoxy) is 4. The van der Waals surface area contributed by atoms with Crippen molar-refractivity contribution in [2.45, 2.75) is 48.3 Å². The molecule has 0 aliphatic heterocycles. The fourth-order valence-electron chi connectivity index (χ4n) is 3.23. The van der Waals surface area contributed by atoms with Gasteiger partial charge in [-0.2, -0.15) is 0 Å². The van der Waals surface area contributed by atoms with Crippen molar-refractivity contribution >= 4 is 10.9 Å². The minimum Gasteiger partial charge on any atom is -0.494 e. The van der Waals surface area contributed by atoms with Gasteiger partial charge in [0.05, 0.1) is 30.7 Å². The molecule has 3 aromatic carbocycles. The number of hydrogen-bond acceptors (Lipinski definition) is 4. The summed E-state index contributed by atoms with van der Waals surface area (Å²) in [4.78, 5) is 3.72. The Morgan fingerprint density at radius 3 is 1.18 bits per heavy atom. The van der Waals surface area contributed by atoms with Crippen LogP contribution in [-0.2, 0) is 15.6 Å². The van der Waals surface area contributed by atoms with Gasteiger partial charge in [-0.1, -0.05) is 13.8 Å². The van der Waals surface area contributed by atoms with E-state index in [9.17, 15) is 0 Å². The van der Waals surface area contributed by atoms with Crippen LogP contribution >= 0.6 is 0 Å². The van der Waals surface area contributed by atoms with E-state index in [0.29, 0.717) is 19.8 Å². The van der Waals surface area contributed by atoms with Gasteiger partial charge in [0, 0.05) is 6.61 Å². The number of rotatable bonds is 14. The van der Waals surface area contributed by atoms with Gasteiger partial charge in [-0.15, -0.1) is 0 Å². The van der Waals surface area contributed by atoms with E-state index in [1.807, 2.05) is 19.1 Å². The second-order valence-electron chi connectivity index (χ2n) is 7.46. The normalized spacial score (nSPS) is 10.9. The molecule has 4 nitrogen and oxygen atoms in total. The maximum Gasteiger partial charge on any atom is 0.166 e. The zero-order valence-corrected chi connectivity index (χ0v) is 20.7. The van der Waals surface area contributed by atoms with E-state index in [0.717, 1.165) is 43.3 Å². The lowest BCUT2D eigenvalue weighted by Crippen LogP contribution is -2.07. The van der Waals surface area contributed by atoms with Crippen LogP contribution in [0.3, 0.4) is 0 Å². The van der Waals surface area contributed by atoms with Crippen molar-refractivity contribution in [3.05, 3.63) is 72.8 Å². The summed E-state index contributed by atoms with van der Waals surface area (Å²) in [5.74, 6) is 2.67. The zero-order chi connectivity index (χ0) is 23.3. The van der Waals surface area contributed by atoms with Crippen LogP contribution in [0.15, 0.2) is 87.5 Å². The Hall–Kier alpha value is -2.63. The van der Waals surface area contributed by atoms with Gasteiger partial charge < -0.3 is 18.9 Å². The predicted octanol–water partition coefficient (Wildman–Crippen LogP) is 6.77. The summed E-state index contributed by atoms with van der Waals surface area (Å²) >= 11 is 0. The molecule has 0 saturated heterocycles. The Kier molecular flexibility index (Phi) is 10.5. The van der Waals surface area contributed by atoms with Crippen LogP contribution < -0.4 is 14.2 Å². The summed E-state index contributed by atoms with van der Waals surface area (Å²) in [7, 11) is -0.251. The van der Waals surface area contributed by atoms with Gasteiger partial charge in [0.2, 0.25) is 0 Å². The molecule has 0 aromatic heterocycles. The van der Waals surface area contributed by atoms with Crippen molar-refractivity contribution in [2.24, 2.45) is 0 Å². The van der Waals surface area contributed by atoms with E-state index in [1.54, 1.807) is 0 Å². The standard InChI is InChI=1S/C28H35O4S/c1-4-19-30-23-7-13-26(14-8-23)33(27-15-9-24(10-16-27)31-20-5-2)28-17-11-25(12-18-28)32-22-21-29-6-3/h7-18H,4-6,19-22H2,1-3H3/q+1. The van der Waals surface area contributed by atoms with Crippen molar-refractivity contribution in [1.82, 2.24) is 0 Å². The third-order valence-corrected chi connectivity index (χ3v) is 7.06. The zero-order valence-electron chi connectivity index (χ0n) is 19.9. The minimum absolute atomic E-state index is 0.251. The minimum atomic E-state index is -0.251. The van der Waals surface area contributed by atoms with E-state index in [1.165, 1.54) is 14.7 Å². The molecule has 0 heterocycles. The number of benzene rings is 3. The Bertz CT molecular complexity index is 872. The van der Waals surface area contributed by atoms with Gasteiger partial charge >= 0.3 is 0 Å². The second-order valence-corrected chi connectivity index (χ2v) is 9.49. The molecule has 3 rings (SSSR count). The topological polar surface area (TPSA) is 36.9 Å². The Balaban J connectivity index is 1.84. The van der Waals surface area contributed by atoms with Gasteiger partial charge in [-0.3, -0.25) is 0 Å². The SMILES string of the molecule is CCCOc1ccc([S+](c2ccc(OCCC)cc2)c2ccc(OCCOCC)cc2)cc1. The summed E-state index contributed by atoms with van der Waals surface area (Å²) in [6.07, 6.45) is 2.00. The molecule has 0 saturated carbocycles. The Morgan fingerprint density at radius 1 is 0.485 bits per heavy atom. The first-order chi connectivity index (χ1) is 16.2. The fraction of sp³-hybridized carbons (Fsp3) is 0.357. The molecule has 0 aliphatic rings. The molecule has 0 N–H and O–H groups in total. The molecule has 33 heavy (non-hydrogen) atoms. The summed E-state index contributed by atoms with van der Waals surface area (Å²) in [5, 5.41) is 0. The number of hydrogen-bond donors (Lipinski definition) is 0. The lowest BCUT2D eigenvalue weighted by atomic mass is 10.3. The molecule has 0 unspecified atom stereocenters. The van der Waals surface area contributed by atoms with Crippen LogP contribution in [0.2, 0.25) is 0 Å².